The molecule has 0 amide bonds. The van der Waals surface area contributed by atoms with E-state index in [1.807, 2.05) is 12.1 Å². The monoisotopic (exact) mass is 204 g/mol. The third-order valence-electron chi connectivity index (χ3n) is 1.90. The van der Waals surface area contributed by atoms with E-state index in [0.29, 0.717) is 11.4 Å². The second-order valence-electron chi connectivity index (χ2n) is 2.75. The summed E-state index contributed by atoms with van der Waals surface area (Å²) in [5.74, 6) is 0. The Bertz CT molecular complexity index is 477. The summed E-state index contributed by atoms with van der Waals surface area (Å²) in [5, 5.41) is 18.9. The highest BCUT2D eigenvalue weighted by Gasteiger charge is 2.11. The summed E-state index contributed by atoms with van der Waals surface area (Å²) in [4.78, 5) is 2.28. The van der Waals surface area contributed by atoms with Gasteiger partial charge in [-0.2, -0.15) is 15.6 Å². The highest BCUT2D eigenvalue weighted by molar-refractivity contribution is 7.15. The molecular formula is C9H8N4S. The summed E-state index contributed by atoms with van der Waals surface area (Å²) in [6.45, 7) is 2.10. The van der Waals surface area contributed by atoms with Gasteiger partial charge in [0.2, 0.25) is 0 Å². The number of H-pyrrole nitrogens is 1. The molecule has 0 fully saturated rings. The molecule has 1 N–H and O–H groups in total. The second-order valence-corrected chi connectivity index (χ2v) is 3.92. The van der Waals surface area contributed by atoms with Crippen molar-refractivity contribution in [3.05, 3.63) is 22.7 Å². The Balaban J connectivity index is 2.45. The first-order chi connectivity index (χ1) is 6.85. The predicted molar refractivity (Wildman–Crippen MR) is 53.8 cm³/mol. The van der Waals surface area contributed by atoms with Crippen molar-refractivity contribution in [2.24, 2.45) is 0 Å². The molecule has 0 bridgehead atoms. The van der Waals surface area contributed by atoms with Gasteiger partial charge in [-0.3, -0.25) is 0 Å². The van der Waals surface area contributed by atoms with Gasteiger partial charge in [0.1, 0.15) is 11.8 Å². The largest absolute Gasteiger partial charge is 0.196 e. The highest BCUT2D eigenvalue weighted by atomic mass is 32.1. The second kappa shape index (κ2) is 3.60. The third kappa shape index (κ3) is 1.40. The molecule has 0 saturated heterocycles. The number of thiophene rings is 1. The molecule has 0 aliphatic heterocycles. The molecule has 70 valence electrons. The van der Waals surface area contributed by atoms with E-state index in [0.717, 1.165) is 11.3 Å². The van der Waals surface area contributed by atoms with Crippen molar-refractivity contribution in [1.29, 1.82) is 5.26 Å². The van der Waals surface area contributed by atoms with Crippen LogP contribution in [0.25, 0.3) is 10.6 Å². The molecule has 0 radical (unpaired) electrons. The van der Waals surface area contributed by atoms with Crippen LogP contribution in [0.2, 0.25) is 0 Å². The van der Waals surface area contributed by atoms with Gasteiger partial charge in [-0.25, -0.2) is 0 Å². The summed E-state index contributed by atoms with van der Waals surface area (Å²) in [7, 11) is 0. The number of hydrogen-bond donors (Lipinski definition) is 1. The zero-order chi connectivity index (χ0) is 9.97. The van der Waals surface area contributed by atoms with Gasteiger partial charge in [0.15, 0.2) is 5.69 Å². The van der Waals surface area contributed by atoms with Crippen molar-refractivity contribution in [3.63, 3.8) is 0 Å². The van der Waals surface area contributed by atoms with Crippen LogP contribution in [0.1, 0.15) is 17.5 Å². The topological polar surface area (TPSA) is 65.4 Å². The Labute approximate surface area is 85.2 Å². The van der Waals surface area contributed by atoms with Crippen LogP contribution in [0, 0.1) is 11.3 Å². The fraction of sp³-hybridized carbons (Fsp3) is 0.222. The molecule has 2 heterocycles. The molecule has 0 aliphatic carbocycles. The Kier molecular flexibility index (Phi) is 2.29. The average molecular weight is 204 g/mol. The maximum absolute atomic E-state index is 8.76. The normalized spacial score (nSPS) is 10.0. The van der Waals surface area contributed by atoms with Gasteiger partial charge in [0.05, 0.1) is 4.88 Å². The maximum atomic E-state index is 8.76. The van der Waals surface area contributed by atoms with Gasteiger partial charge in [-0.1, -0.05) is 6.92 Å². The lowest BCUT2D eigenvalue weighted by molar-refractivity contribution is 0.937. The first-order valence-electron chi connectivity index (χ1n) is 4.25. The summed E-state index contributed by atoms with van der Waals surface area (Å²) < 4.78 is 0. The number of nitrogens with zero attached hydrogens (tertiary/aromatic N) is 3. The number of rotatable bonds is 2. The van der Waals surface area contributed by atoms with Crippen molar-refractivity contribution in [1.82, 2.24) is 15.4 Å². The average Bonchev–Trinajstić information content (AvgIpc) is 2.85. The van der Waals surface area contributed by atoms with E-state index in [-0.39, 0.29) is 0 Å². The molecule has 2 rings (SSSR count). The van der Waals surface area contributed by atoms with Crippen LogP contribution >= 0.6 is 11.3 Å². The van der Waals surface area contributed by atoms with Gasteiger partial charge in [-0.15, -0.1) is 16.4 Å². The molecule has 4 nitrogen and oxygen atoms in total. The minimum Gasteiger partial charge on any atom is -0.196 e. The van der Waals surface area contributed by atoms with E-state index in [1.54, 1.807) is 11.3 Å². The van der Waals surface area contributed by atoms with Gasteiger partial charge < -0.3 is 0 Å². The van der Waals surface area contributed by atoms with Gasteiger partial charge in [0.25, 0.3) is 0 Å². The van der Waals surface area contributed by atoms with Crippen molar-refractivity contribution in [2.45, 2.75) is 13.3 Å². The Morgan fingerprint density at radius 2 is 2.36 bits per heavy atom. The van der Waals surface area contributed by atoms with Crippen LogP contribution in [-0.4, -0.2) is 15.4 Å². The maximum Gasteiger partial charge on any atom is 0.191 e. The molecule has 0 saturated carbocycles. The van der Waals surface area contributed by atoms with E-state index < -0.39 is 0 Å². The Hall–Kier alpha value is -1.67. The smallest absolute Gasteiger partial charge is 0.191 e. The van der Waals surface area contributed by atoms with E-state index in [4.69, 9.17) is 5.26 Å². The SMILES string of the molecule is CCc1ccc(-c2n[nH]nc2C#N)s1. The summed E-state index contributed by atoms with van der Waals surface area (Å²) in [5.41, 5.74) is 1.01. The molecule has 14 heavy (non-hydrogen) atoms. The Morgan fingerprint density at radius 3 is 3.00 bits per heavy atom. The van der Waals surface area contributed by atoms with Crippen molar-refractivity contribution in [2.75, 3.05) is 0 Å². The summed E-state index contributed by atoms with van der Waals surface area (Å²) in [6.07, 6.45) is 1.00. The minimum absolute atomic E-state index is 0.356. The molecule has 0 unspecified atom stereocenters. The van der Waals surface area contributed by atoms with Crippen molar-refractivity contribution in [3.8, 4) is 16.6 Å². The fourth-order valence-electron chi connectivity index (χ4n) is 1.18. The van der Waals surface area contributed by atoms with Gasteiger partial charge in [-0.05, 0) is 18.6 Å². The summed E-state index contributed by atoms with van der Waals surface area (Å²) in [6, 6.07) is 6.03. The van der Waals surface area contributed by atoms with Crippen molar-refractivity contribution >= 4 is 11.3 Å². The molecule has 2 aromatic heterocycles. The highest BCUT2D eigenvalue weighted by Crippen LogP contribution is 2.27. The number of nitrogens with one attached hydrogen (secondary N) is 1. The van der Waals surface area contributed by atoms with Gasteiger partial charge in [0, 0.05) is 4.88 Å². The van der Waals surface area contributed by atoms with Crippen LogP contribution < -0.4 is 0 Å². The molecule has 2 aromatic rings. The number of nitriles is 1. The Morgan fingerprint density at radius 1 is 1.50 bits per heavy atom. The number of aromatic nitrogens is 3. The van der Waals surface area contributed by atoms with Crippen LogP contribution in [-0.2, 0) is 6.42 Å². The lowest BCUT2D eigenvalue weighted by Gasteiger charge is -1.87. The fourth-order valence-corrected chi connectivity index (χ4v) is 2.11. The van der Waals surface area contributed by atoms with E-state index in [9.17, 15) is 0 Å². The third-order valence-corrected chi connectivity index (χ3v) is 3.13. The van der Waals surface area contributed by atoms with Gasteiger partial charge >= 0.3 is 0 Å². The van der Waals surface area contributed by atoms with Crippen LogP contribution in [0.3, 0.4) is 0 Å². The summed E-state index contributed by atoms with van der Waals surface area (Å²) >= 11 is 1.65. The molecule has 0 aromatic carbocycles. The lowest BCUT2D eigenvalue weighted by atomic mass is 10.3. The van der Waals surface area contributed by atoms with E-state index >= 15 is 0 Å². The molecule has 0 atom stereocenters. The first kappa shape index (κ1) is 8.91. The van der Waals surface area contributed by atoms with Crippen molar-refractivity contribution < 1.29 is 0 Å². The molecular weight excluding hydrogens is 196 g/mol. The lowest BCUT2D eigenvalue weighted by Crippen LogP contribution is -1.77. The number of hydrogen-bond acceptors (Lipinski definition) is 4. The zero-order valence-corrected chi connectivity index (χ0v) is 8.43. The quantitative estimate of drug-likeness (QED) is 0.813. The predicted octanol–water partition coefficient (Wildman–Crippen LogP) is 1.97. The van der Waals surface area contributed by atoms with E-state index in [1.165, 1.54) is 4.88 Å². The standard InChI is InChI=1S/C9H8N4S/c1-2-6-3-4-8(14-6)9-7(5-10)11-13-12-9/h3-4H,2H2,1H3,(H,11,12,13). The molecule has 0 spiro atoms. The number of aryl methyl sites for hydroxylation is 1. The van der Waals surface area contributed by atoms with Crippen LogP contribution in [0.15, 0.2) is 12.1 Å². The molecule has 0 aliphatic rings. The van der Waals surface area contributed by atoms with Crippen LogP contribution in [0.5, 0.6) is 0 Å². The minimum atomic E-state index is 0.356. The van der Waals surface area contributed by atoms with E-state index in [2.05, 4.69) is 28.4 Å². The molecule has 5 heteroatoms. The number of aromatic amines is 1. The zero-order valence-electron chi connectivity index (χ0n) is 7.61. The first-order valence-corrected chi connectivity index (χ1v) is 5.06. The van der Waals surface area contributed by atoms with Crippen LogP contribution in [0.4, 0.5) is 0 Å².